The summed E-state index contributed by atoms with van der Waals surface area (Å²) in [6, 6.07) is 0. The highest BCUT2D eigenvalue weighted by Gasteiger charge is 2.65. The van der Waals surface area contributed by atoms with E-state index in [-0.39, 0.29) is 47.4 Å². The number of hydrogen-bond donors (Lipinski definition) is 0. The van der Waals surface area contributed by atoms with Crippen LogP contribution in [0.4, 0.5) is 4.39 Å². The van der Waals surface area contributed by atoms with E-state index in [2.05, 4.69) is 0 Å². The first-order chi connectivity index (χ1) is 10.8. The first kappa shape index (κ1) is 15.5. The van der Waals surface area contributed by atoms with E-state index in [1.54, 1.807) is 0 Å². The molecule has 23 heavy (non-hydrogen) atoms. The molecule has 0 N–H and O–H groups in total. The molecule has 0 aromatic heterocycles. The molecule has 0 heterocycles. The van der Waals surface area contributed by atoms with E-state index in [1.807, 2.05) is 13.8 Å². The Labute approximate surface area is 136 Å². The van der Waals surface area contributed by atoms with Crippen LogP contribution in [0, 0.1) is 34.5 Å². The van der Waals surface area contributed by atoms with E-state index in [4.69, 9.17) is 0 Å². The third kappa shape index (κ3) is 1.90. The molecule has 0 radical (unpaired) electrons. The van der Waals surface area contributed by atoms with Crippen LogP contribution < -0.4 is 0 Å². The Morgan fingerprint density at radius 3 is 2.57 bits per heavy atom. The highest BCUT2D eigenvalue weighted by molar-refractivity contribution is 5.95. The summed E-state index contributed by atoms with van der Waals surface area (Å²) >= 11 is 0. The number of alkyl halides is 1. The molecule has 4 aliphatic carbocycles. The van der Waals surface area contributed by atoms with Crippen LogP contribution in [0.5, 0.6) is 0 Å². The molecule has 0 saturated heterocycles. The number of carbonyl (C=O) groups excluding carboxylic acids is 3. The van der Waals surface area contributed by atoms with Gasteiger partial charge < -0.3 is 0 Å². The number of fused-ring (bicyclic) bond motifs is 5. The van der Waals surface area contributed by atoms with Crippen molar-refractivity contribution in [3.05, 3.63) is 0 Å². The average Bonchev–Trinajstić information content (AvgIpc) is 2.76. The SMILES string of the molecule is C[C@]12CCC(=O)C[C@@H]1[C@@H](F)C[C@@H]1[C@@H]2C(=O)C[C@]2(C)C(=O)CC[C@@H]12. The molecule has 0 aliphatic heterocycles. The summed E-state index contributed by atoms with van der Waals surface area (Å²) in [6.45, 7) is 3.96. The Kier molecular flexibility index (Phi) is 3.18. The second-order valence-electron chi connectivity index (χ2n) is 8.88. The summed E-state index contributed by atoms with van der Waals surface area (Å²) in [6.07, 6.45) is 2.38. The summed E-state index contributed by atoms with van der Waals surface area (Å²) in [5.74, 6) is 0.141. The molecule has 4 saturated carbocycles. The van der Waals surface area contributed by atoms with Crippen LogP contribution in [-0.2, 0) is 14.4 Å². The summed E-state index contributed by atoms with van der Waals surface area (Å²) < 4.78 is 15.0. The highest BCUT2D eigenvalue weighted by Crippen LogP contribution is 2.64. The van der Waals surface area contributed by atoms with Crippen molar-refractivity contribution < 1.29 is 18.8 Å². The first-order valence-electron chi connectivity index (χ1n) is 8.99. The second kappa shape index (κ2) is 4.73. The smallest absolute Gasteiger partial charge is 0.139 e. The van der Waals surface area contributed by atoms with E-state index < -0.39 is 17.0 Å². The third-order valence-corrected chi connectivity index (χ3v) is 7.85. The van der Waals surface area contributed by atoms with Crippen molar-refractivity contribution >= 4 is 17.3 Å². The van der Waals surface area contributed by atoms with Gasteiger partial charge in [-0.1, -0.05) is 13.8 Å². The van der Waals surface area contributed by atoms with Gasteiger partial charge in [0.15, 0.2) is 0 Å². The van der Waals surface area contributed by atoms with Gasteiger partial charge >= 0.3 is 0 Å². The topological polar surface area (TPSA) is 51.2 Å². The maximum Gasteiger partial charge on any atom is 0.139 e. The molecule has 0 spiro atoms. The molecular weight excluding hydrogens is 295 g/mol. The second-order valence-corrected chi connectivity index (χ2v) is 8.88. The fourth-order valence-corrected chi connectivity index (χ4v) is 6.64. The Hall–Kier alpha value is -1.06. The van der Waals surface area contributed by atoms with Gasteiger partial charge in [0.05, 0.1) is 0 Å². The van der Waals surface area contributed by atoms with Crippen LogP contribution in [0.15, 0.2) is 0 Å². The van der Waals surface area contributed by atoms with Crippen molar-refractivity contribution in [2.75, 3.05) is 0 Å². The number of ketones is 3. The lowest BCUT2D eigenvalue weighted by Crippen LogP contribution is -2.60. The van der Waals surface area contributed by atoms with Gasteiger partial charge in [-0.15, -0.1) is 0 Å². The molecule has 4 heteroatoms. The predicted octanol–water partition coefficient (Wildman–Crippen LogP) is 3.29. The first-order valence-corrected chi connectivity index (χ1v) is 8.99. The predicted molar refractivity (Wildman–Crippen MR) is 82.4 cm³/mol. The third-order valence-electron chi connectivity index (χ3n) is 7.85. The van der Waals surface area contributed by atoms with E-state index in [9.17, 15) is 18.8 Å². The van der Waals surface area contributed by atoms with Crippen molar-refractivity contribution in [1.29, 1.82) is 0 Å². The average molecular weight is 320 g/mol. The molecular formula is C19H25FO3. The minimum absolute atomic E-state index is 0.0165. The standard InChI is InChI=1S/C19H25FO3/c1-18-6-5-10(21)7-13(18)14(20)8-11-12-3-4-16(23)19(12,2)9-15(22)17(11)18/h11-14,17H,3-9H2,1-2H3/t11-,12-,13+,14-,17+,18-,19-/m0/s1. The molecule has 3 nitrogen and oxygen atoms in total. The van der Waals surface area contributed by atoms with Crippen molar-refractivity contribution in [2.45, 2.75) is 65.0 Å². The van der Waals surface area contributed by atoms with Crippen LogP contribution in [0.3, 0.4) is 0 Å². The van der Waals surface area contributed by atoms with Crippen LogP contribution in [0.1, 0.15) is 58.8 Å². The molecule has 0 aromatic carbocycles. The van der Waals surface area contributed by atoms with Gasteiger partial charge in [0.2, 0.25) is 0 Å². The molecule has 4 aliphatic rings. The number of Topliss-reactive ketones (excluding diaryl/α,β-unsaturated/α-hetero) is 3. The lowest BCUT2D eigenvalue weighted by molar-refractivity contribution is -0.169. The largest absolute Gasteiger partial charge is 0.300 e. The van der Waals surface area contributed by atoms with Crippen molar-refractivity contribution in [3.63, 3.8) is 0 Å². The van der Waals surface area contributed by atoms with E-state index >= 15 is 0 Å². The number of halogens is 1. The van der Waals surface area contributed by atoms with Gasteiger partial charge in [-0.2, -0.15) is 0 Å². The number of rotatable bonds is 0. The van der Waals surface area contributed by atoms with Crippen molar-refractivity contribution in [2.24, 2.45) is 34.5 Å². The van der Waals surface area contributed by atoms with E-state index in [0.29, 0.717) is 32.1 Å². The minimum atomic E-state index is -1.02. The molecule has 7 atom stereocenters. The zero-order valence-electron chi connectivity index (χ0n) is 13.9. The highest BCUT2D eigenvalue weighted by atomic mass is 19.1. The lowest BCUT2D eigenvalue weighted by Gasteiger charge is -2.58. The molecule has 4 rings (SSSR count). The van der Waals surface area contributed by atoms with Gasteiger partial charge in [-0.05, 0) is 36.5 Å². The molecule has 0 amide bonds. The normalized spacial score (nSPS) is 52.8. The van der Waals surface area contributed by atoms with Gasteiger partial charge in [0.25, 0.3) is 0 Å². The van der Waals surface area contributed by atoms with Crippen LogP contribution in [-0.4, -0.2) is 23.5 Å². The Bertz CT molecular complexity index is 599. The van der Waals surface area contributed by atoms with E-state index in [1.165, 1.54) is 0 Å². The Morgan fingerprint density at radius 1 is 1.09 bits per heavy atom. The fraction of sp³-hybridized carbons (Fsp3) is 0.842. The van der Waals surface area contributed by atoms with E-state index in [0.717, 1.165) is 6.42 Å². The Morgan fingerprint density at radius 2 is 1.83 bits per heavy atom. The monoisotopic (exact) mass is 320 g/mol. The maximum absolute atomic E-state index is 15.0. The molecule has 4 fully saturated rings. The van der Waals surface area contributed by atoms with Gasteiger partial charge in [0.1, 0.15) is 23.5 Å². The number of carbonyl (C=O) groups is 3. The van der Waals surface area contributed by atoms with Gasteiger partial charge in [0, 0.05) is 42.9 Å². The molecule has 0 unspecified atom stereocenters. The quantitative estimate of drug-likeness (QED) is 0.688. The lowest BCUT2D eigenvalue weighted by atomic mass is 9.44. The zero-order valence-corrected chi connectivity index (χ0v) is 13.9. The number of hydrogen-bond acceptors (Lipinski definition) is 3. The fourth-order valence-electron chi connectivity index (χ4n) is 6.64. The van der Waals surface area contributed by atoms with Crippen molar-refractivity contribution in [1.82, 2.24) is 0 Å². The van der Waals surface area contributed by atoms with Crippen molar-refractivity contribution in [3.8, 4) is 0 Å². The zero-order chi connectivity index (χ0) is 16.6. The minimum Gasteiger partial charge on any atom is -0.300 e. The van der Waals surface area contributed by atoms with Crippen LogP contribution >= 0.6 is 0 Å². The summed E-state index contributed by atoms with van der Waals surface area (Å²) in [7, 11) is 0. The molecule has 0 bridgehead atoms. The van der Waals surface area contributed by atoms with Crippen LogP contribution in [0.2, 0.25) is 0 Å². The molecule has 0 aromatic rings. The van der Waals surface area contributed by atoms with Gasteiger partial charge in [-0.25, -0.2) is 4.39 Å². The van der Waals surface area contributed by atoms with Gasteiger partial charge in [-0.3, -0.25) is 14.4 Å². The summed E-state index contributed by atoms with van der Waals surface area (Å²) in [5.41, 5.74) is -0.966. The summed E-state index contributed by atoms with van der Waals surface area (Å²) in [4.78, 5) is 37.2. The maximum atomic E-state index is 15.0. The molecule has 126 valence electrons. The summed E-state index contributed by atoms with van der Waals surface area (Å²) in [5, 5.41) is 0. The van der Waals surface area contributed by atoms with Crippen LogP contribution in [0.25, 0.3) is 0 Å². The Balaban J connectivity index is 1.76.